The molecule has 0 radical (unpaired) electrons. The van der Waals surface area contributed by atoms with Gasteiger partial charge in [-0.1, -0.05) is 12.1 Å². The maximum Gasteiger partial charge on any atom is 0.178 e. The third kappa shape index (κ3) is 2.60. The van der Waals surface area contributed by atoms with Gasteiger partial charge in [0.05, 0.1) is 18.0 Å². The predicted octanol–water partition coefficient (Wildman–Crippen LogP) is 1.33. The normalized spacial score (nSPS) is 13.5. The summed E-state index contributed by atoms with van der Waals surface area (Å²) in [6.45, 7) is 1.69. The Morgan fingerprint density at radius 3 is 2.33 bits per heavy atom. The number of hydrogen-bond donors (Lipinski definition) is 1. The second-order valence-corrected chi connectivity index (χ2v) is 6.18. The summed E-state index contributed by atoms with van der Waals surface area (Å²) in [6.07, 6.45) is 3.40. The van der Waals surface area contributed by atoms with E-state index in [4.69, 9.17) is 0 Å². The molecule has 0 unspecified atom stereocenters. The van der Waals surface area contributed by atoms with E-state index in [1.54, 1.807) is 31.2 Å². The van der Waals surface area contributed by atoms with Crippen molar-refractivity contribution < 1.29 is 13.5 Å². The van der Waals surface area contributed by atoms with E-state index in [9.17, 15) is 13.5 Å². The van der Waals surface area contributed by atoms with Crippen molar-refractivity contribution >= 4 is 9.84 Å². The molecule has 0 aliphatic carbocycles. The highest BCUT2D eigenvalue weighted by Crippen LogP contribution is 2.16. The molecule has 5 nitrogen and oxygen atoms in total. The first-order chi connectivity index (χ1) is 8.38. The molecule has 2 aromatic rings. The first-order valence-electron chi connectivity index (χ1n) is 5.41. The van der Waals surface area contributed by atoms with Gasteiger partial charge in [0.25, 0.3) is 0 Å². The maximum atomic E-state index is 11.3. The van der Waals surface area contributed by atoms with Crippen molar-refractivity contribution in [3.05, 3.63) is 42.2 Å². The van der Waals surface area contributed by atoms with Gasteiger partial charge in [-0.15, -0.1) is 0 Å². The van der Waals surface area contributed by atoms with E-state index in [0.29, 0.717) is 0 Å². The molecular weight excluding hydrogens is 252 g/mol. The molecule has 0 fully saturated rings. The highest BCUT2D eigenvalue weighted by molar-refractivity contribution is 7.90. The molecule has 1 heterocycles. The number of benzene rings is 1. The molecule has 6 heteroatoms. The van der Waals surface area contributed by atoms with Gasteiger partial charge in [0.2, 0.25) is 0 Å². The molecule has 0 saturated carbocycles. The highest BCUT2D eigenvalue weighted by atomic mass is 32.2. The Morgan fingerprint density at radius 1 is 1.28 bits per heavy atom. The molecule has 1 atom stereocenters. The smallest absolute Gasteiger partial charge is 0.178 e. The number of sulfone groups is 1. The maximum absolute atomic E-state index is 11.3. The van der Waals surface area contributed by atoms with E-state index in [-0.39, 0.29) is 4.90 Å². The predicted molar refractivity (Wildman–Crippen MR) is 67.3 cm³/mol. The molecule has 1 aromatic heterocycles. The first-order valence-corrected chi connectivity index (χ1v) is 7.30. The summed E-state index contributed by atoms with van der Waals surface area (Å²) in [5.41, 5.74) is 1.54. The van der Waals surface area contributed by atoms with Crippen LogP contribution in [-0.4, -0.2) is 29.6 Å². The van der Waals surface area contributed by atoms with E-state index in [0.717, 1.165) is 17.5 Å². The fraction of sp³-hybridized carbons (Fsp3) is 0.250. The second kappa shape index (κ2) is 4.55. The monoisotopic (exact) mass is 266 g/mol. The summed E-state index contributed by atoms with van der Waals surface area (Å²) in [4.78, 5) is 0.183. The Bertz CT molecular complexity index is 642. The lowest BCUT2D eigenvalue weighted by Crippen LogP contribution is -1.97. The van der Waals surface area contributed by atoms with Crippen LogP contribution in [0.5, 0.6) is 0 Å². The summed E-state index contributed by atoms with van der Waals surface area (Å²) in [6, 6.07) is 7.12. The Morgan fingerprint density at radius 2 is 1.89 bits per heavy atom. The molecule has 96 valence electrons. The van der Waals surface area contributed by atoms with Gasteiger partial charge >= 0.3 is 0 Å². The lowest BCUT2D eigenvalue weighted by molar-refractivity contribution is 0.199. The zero-order valence-electron chi connectivity index (χ0n) is 10.1. The van der Waals surface area contributed by atoms with Crippen LogP contribution in [-0.2, 0) is 9.84 Å². The SMILES string of the molecule is C[C@H](O)c1ccc(-n2cc(S(C)(=O)=O)cn2)cc1. The minimum absolute atomic E-state index is 0.183. The van der Waals surface area contributed by atoms with E-state index < -0.39 is 15.9 Å². The average molecular weight is 266 g/mol. The van der Waals surface area contributed by atoms with Gasteiger partial charge in [-0.2, -0.15) is 5.10 Å². The Balaban J connectivity index is 2.35. The van der Waals surface area contributed by atoms with Gasteiger partial charge in [-0.05, 0) is 24.6 Å². The molecule has 1 N–H and O–H groups in total. The summed E-state index contributed by atoms with van der Waals surface area (Å²) in [7, 11) is -3.23. The summed E-state index contributed by atoms with van der Waals surface area (Å²) in [5.74, 6) is 0. The lowest BCUT2D eigenvalue weighted by Gasteiger charge is -2.06. The fourth-order valence-corrected chi connectivity index (χ4v) is 2.07. The third-order valence-electron chi connectivity index (χ3n) is 2.63. The molecule has 0 aliphatic rings. The molecule has 0 aliphatic heterocycles. The van der Waals surface area contributed by atoms with Gasteiger partial charge in [0.15, 0.2) is 9.84 Å². The van der Waals surface area contributed by atoms with Crippen LogP contribution >= 0.6 is 0 Å². The van der Waals surface area contributed by atoms with Crippen LogP contribution in [0.2, 0.25) is 0 Å². The zero-order valence-corrected chi connectivity index (χ0v) is 10.9. The number of hydrogen-bond acceptors (Lipinski definition) is 4. The summed E-state index contributed by atoms with van der Waals surface area (Å²) < 4.78 is 24.2. The van der Waals surface area contributed by atoms with E-state index in [1.807, 2.05) is 0 Å². The number of nitrogens with zero attached hydrogens (tertiary/aromatic N) is 2. The van der Waals surface area contributed by atoms with E-state index in [2.05, 4.69) is 5.10 Å². The molecule has 0 spiro atoms. The van der Waals surface area contributed by atoms with Crippen molar-refractivity contribution in [2.75, 3.05) is 6.26 Å². The second-order valence-electron chi connectivity index (χ2n) is 4.16. The Kier molecular flexibility index (Phi) is 3.23. The number of aliphatic hydroxyl groups excluding tert-OH is 1. The van der Waals surface area contributed by atoms with Crippen LogP contribution < -0.4 is 0 Å². The van der Waals surface area contributed by atoms with Crippen LogP contribution in [0.25, 0.3) is 5.69 Å². The van der Waals surface area contributed by atoms with E-state index >= 15 is 0 Å². The van der Waals surface area contributed by atoms with Crippen molar-refractivity contribution in [2.45, 2.75) is 17.9 Å². The number of rotatable bonds is 3. The summed E-state index contributed by atoms with van der Waals surface area (Å²) >= 11 is 0. The van der Waals surface area contributed by atoms with Crippen molar-refractivity contribution in [3.63, 3.8) is 0 Å². The van der Waals surface area contributed by atoms with Gasteiger partial charge in [0, 0.05) is 12.5 Å². The van der Waals surface area contributed by atoms with Crippen LogP contribution in [0.4, 0.5) is 0 Å². The van der Waals surface area contributed by atoms with E-state index in [1.165, 1.54) is 17.1 Å². The molecule has 0 bridgehead atoms. The molecule has 0 amide bonds. The van der Waals surface area contributed by atoms with Gasteiger partial charge in [-0.25, -0.2) is 13.1 Å². The third-order valence-corrected chi connectivity index (χ3v) is 3.69. The van der Waals surface area contributed by atoms with Crippen molar-refractivity contribution in [2.24, 2.45) is 0 Å². The quantitative estimate of drug-likeness (QED) is 0.909. The molecular formula is C12H14N2O3S. The van der Waals surface area contributed by atoms with Crippen LogP contribution in [0.15, 0.2) is 41.6 Å². The molecule has 18 heavy (non-hydrogen) atoms. The minimum Gasteiger partial charge on any atom is -0.389 e. The minimum atomic E-state index is -3.23. The molecule has 2 rings (SSSR count). The number of aliphatic hydroxyl groups is 1. The fourth-order valence-electron chi connectivity index (χ4n) is 1.54. The molecule has 0 saturated heterocycles. The van der Waals surface area contributed by atoms with Crippen molar-refractivity contribution in [1.29, 1.82) is 0 Å². The highest BCUT2D eigenvalue weighted by Gasteiger charge is 2.10. The Hall–Kier alpha value is -1.66. The first kappa shape index (κ1) is 12.8. The van der Waals surface area contributed by atoms with Gasteiger partial charge in [0.1, 0.15) is 4.90 Å². The van der Waals surface area contributed by atoms with Gasteiger partial charge < -0.3 is 5.11 Å². The lowest BCUT2D eigenvalue weighted by atomic mass is 10.1. The molecule has 1 aromatic carbocycles. The van der Waals surface area contributed by atoms with Crippen molar-refractivity contribution in [1.82, 2.24) is 9.78 Å². The van der Waals surface area contributed by atoms with Crippen LogP contribution in [0.1, 0.15) is 18.6 Å². The summed E-state index contributed by atoms with van der Waals surface area (Å²) in [5, 5.41) is 13.4. The zero-order chi connectivity index (χ0) is 13.3. The standard InChI is InChI=1S/C12H14N2O3S/c1-9(15)10-3-5-11(6-4-10)14-8-12(7-13-14)18(2,16)17/h3-9,15H,1-2H3/t9-/m0/s1. The van der Waals surface area contributed by atoms with Crippen LogP contribution in [0.3, 0.4) is 0 Å². The Labute approximate surface area is 106 Å². The topological polar surface area (TPSA) is 72.2 Å². The van der Waals surface area contributed by atoms with Gasteiger partial charge in [-0.3, -0.25) is 0 Å². The number of aromatic nitrogens is 2. The van der Waals surface area contributed by atoms with Crippen LogP contribution in [0, 0.1) is 0 Å². The average Bonchev–Trinajstić information content (AvgIpc) is 2.78. The largest absolute Gasteiger partial charge is 0.389 e. The van der Waals surface area contributed by atoms with Crippen molar-refractivity contribution in [3.8, 4) is 5.69 Å².